The van der Waals surface area contributed by atoms with Crippen LogP contribution < -0.4 is 0 Å². The topological polar surface area (TPSA) is 135 Å². The van der Waals surface area contributed by atoms with Crippen molar-refractivity contribution >= 4 is 55.5 Å². The number of phenolic OH excluding ortho intramolecular Hbond substituents is 3. The summed E-state index contributed by atoms with van der Waals surface area (Å²) in [6, 6.07) is 11.3. The summed E-state index contributed by atoms with van der Waals surface area (Å²) in [6.45, 7) is 5.94. The highest BCUT2D eigenvalue weighted by Gasteiger charge is 2.27. The second kappa shape index (κ2) is 20.5. The number of hydrogen-bond acceptors (Lipinski definition) is 9. The lowest BCUT2D eigenvalue weighted by molar-refractivity contribution is 0.389. The second-order valence-corrected chi connectivity index (χ2v) is 16.6. The van der Waals surface area contributed by atoms with Crippen molar-refractivity contribution in [2.45, 2.75) is 134 Å². The lowest BCUT2D eigenvalue weighted by atomic mass is 9.91. The molecule has 4 aliphatic rings. The van der Waals surface area contributed by atoms with Gasteiger partial charge in [0.25, 0.3) is 0 Å². The fourth-order valence-electron chi connectivity index (χ4n) is 8.94. The van der Waals surface area contributed by atoms with Gasteiger partial charge < -0.3 is 15.3 Å². The average molecular weight is 805 g/mol. The molecule has 3 fully saturated rings. The Bertz CT molecular complexity index is 1880. The van der Waals surface area contributed by atoms with Gasteiger partial charge in [-0.25, -0.2) is 0 Å². The molecular formula is C51H60N6O3. The maximum absolute atomic E-state index is 11.6. The van der Waals surface area contributed by atoms with Crippen LogP contribution in [-0.2, 0) is 0 Å². The molecule has 0 spiro atoms. The summed E-state index contributed by atoms with van der Waals surface area (Å²) in [5.74, 6) is 0.415. The Kier molecular flexibility index (Phi) is 14.5. The van der Waals surface area contributed by atoms with Gasteiger partial charge in [-0.3, -0.25) is 30.0 Å². The number of aromatic hydroxyl groups is 3. The molecule has 6 unspecified atom stereocenters. The molecule has 3 N–H and O–H groups in total. The molecule has 312 valence electrons. The summed E-state index contributed by atoms with van der Waals surface area (Å²) in [6.07, 6.45) is 34.4. The number of rotatable bonds is 3. The summed E-state index contributed by atoms with van der Waals surface area (Å²) in [5.41, 5.74) is 6.64. The molecule has 0 radical (unpaired) electrons. The third kappa shape index (κ3) is 10.5. The largest absolute Gasteiger partial charge is 0.507 e. The Balaban J connectivity index is 1.34. The Morgan fingerprint density at radius 2 is 0.533 bits per heavy atom. The minimum atomic E-state index is -0.0697. The Labute approximate surface area is 355 Å². The first-order valence-corrected chi connectivity index (χ1v) is 22.0. The van der Waals surface area contributed by atoms with Crippen molar-refractivity contribution in [3.63, 3.8) is 0 Å². The molecule has 1 aliphatic heterocycles. The molecule has 3 aliphatic carbocycles. The van der Waals surface area contributed by atoms with Crippen LogP contribution in [0.2, 0.25) is 0 Å². The maximum atomic E-state index is 11.6. The Hall–Kier alpha value is -5.70. The second-order valence-electron chi connectivity index (χ2n) is 16.6. The van der Waals surface area contributed by atoms with Crippen molar-refractivity contribution in [1.29, 1.82) is 0 Å². The van der Waals surface area contributed by atoms with Gasteiger partial charge >= 0.3 is 0 Å². The van der Waals surface area contributed by atoms with Crippen LogP contribution >= 0.6 is 0 Å². The van der Waals surface area contributed by atoms with E-state index in [2.05, 4.69) is 0 Å². The van der Waals surface area contributed by atoms with Crippen LogP contribution in [0.25, 0.3) is 18.2 Å². The molecule has 3 aromatic rings. The van der Waals surface area contributed by atoms with Crippen molar-refractivity contribution < 1.29 is 15.3 Å². The van der Waals surface area contributed by atoms with E-state index in [-0.39, 0.29) is 53.5 Å². The van der Waals surface area contributed by atoms with Gasteiger partial charge in [0.15, 0.2) is 0 Å². The molecule has 9 nitrogen and oxygen atoms in total. The van der Waals surface area contributed by atoms with Crippen molar-refractivity contribution in [2.24, 2.45) is 30.0 Å². The summed E-state index contributed by atoms with van der Waals surface area (Å²) in [5, 5.41) is 34.9. The molecule has 0 aromatic heterocycles. The number of aliphatic imine (C=N–C) groups is 6. The van der Waals surface area contributed by atoms with Crippen LogP contribution in [0.5, 0.6) is 17.2 Å². The summed E-state index contributed by atoms with van der Waals surface area (Å²) < 4.78 is 0. The summed E-state index contributed by atoms with van der Waals surface area (Å²) >= 11 is 0. The van der Waals surface area contributed by atoms with E-state index in [9.17, 15) is 15.3 Å². The SMILES string of the molecule is C/C=C/c1cc2c(O)c(c1)C=NC1CCCCC1N=Cc1cc(/C=C/C)cc(c1O)C=NC1CCCCC1N=Cc1cc(/C=C/C)cc(c1O)C=NC1CCCCC1N=C2. The smallest absolute Gasteiger partial charge is 0.133 e. The lowest BCUT2D eigenvalue weighted by Crippen LogP contribution is -2.27. The molecule has 0 amide bonds. The van der Waals surface area contributed by atoms with Gasteiger partial charge in [0, 0.05) is 70.7 Å². The Morgan fingerprint density at radius 3 is 0.700 bits per heavy atom. The zero-order chi connectivity index (χ0) is 41.8. The van der Waals surface area contributed by atoms with E-state index in [1.807, 2.05) is 93.6 Å². The first-order chi connectivity index (χ1) is 29.3. The van der Waals surface area contributed by atoms with Crippen molar-refractivity contribution in [3.05, 3.63) is 105 Å². The van der Waals surface area contributed by atoms with Gasteiger partial charge in [0.2, 0.25) is 0 Å². The number of phenols is 3. The minimum Gasteiger partial charge on any atom is -0.507 e. The van der Waals surface area contributed by atoms with E-state index >= 15 is 0 Å². The minimum absolute atomic E-state index is 0.0697. The fourth-order valence-corrected chi connectivity index (χ4v) is 8.94. The summed E-state index contributed by atoms with van der Waals surface area (Å²) in [4.78, 5) is 30.4. The van der Waals surface area contributed by atoms with Gasteiger partial charge in [-0.15, -0.1) is 0 Å². The van der Waals surface area contributed by atoms with E-state index in [0.29, 0.717) is 33.4 Å². The molecular weight excluding hydrogens is 745 g/mol. The highest BCUT2D eigenvalue weighted by molar-refractivity contribution is 5.95. The van der Waals surface area contributed by atoms with E-state index < -0.39 is 0 Å². The highest BCUT2D eigenvalue weighted by atomic mass is 16.3. The molecule has 6 bridgehead atoms. The average Bonchev–Trinajstić information content (AvgIpc) is 3.26. The monoisotopic (exact) mass is 804 g/mol. The van der Waals surface area contributed by atoms with E-state index in [1.165, 1.54) is 0 Å². The lowest BCUT2D eigenvalue weighted by Gasteiger charge is -2.26. The molecule has 0 saturated heterocycles. The number of nitrogens with zero attached hydrogens (tertiary/aromatic N) is 6. The zero-order valence-corrected chi connectivity index (χ0v) is 35.4. The van der Waals surface area contributed by atoms with E-state index in [0.717, 1.165) is 93.7 Å². The van der Waals surface area contributed by atoms with Gasteiger partial charge in [0.1, 0.15) is 17.2 Å². The van der Waals surface area contributed by atoms with Crippen LogP contribution in [0.3, 0.4) is 0 Å². The first kappa shape index (κ1) is 42.4. The van der Waals surface area contributed by atoms with E-state index in [1.54, 1.807) is 37.3 Å². The molecule has 7 rings (SSSR count). The fraction of sp³-hybridized carbons (Fsp3) is 0.412. The third-order valence-electron chi connectivity index (χ3n) is 12.2. The highest BCUT2D eigenvalue weighted by Crippen LogP contribution is 2.32. The van der Waals surface area contributed by atoms with Crippen LogP contribution in [-0.4, -0.2) is 88.9 Å². The van der Waals surface area contributed by atoms with Crippen LogP contribution in [0.15, 0.2) is 84.6 Å². The maximum Gasteiger partial charge on any atom is 0.133 e. The molecule has 3 aromatic carbocycles. The Morgan fingerprint density at radius 1 is 0.350 bits per heavy atom. The molecule has 60 heavy (non-hydrogen) atoms. The first-order valence-electron chi connectivity index (χ1n) is 22.0. The quantitative estimate of drug-likeness (QED) is 0.243. The number of allylic oxidation sites excluding steroid dienone is 3. The molecule has 9 heteroatoms. The van der Waals surface area contributed by atoms with Gasteiger partial charge in [-0.05, 0) is 112 Å². The molecule has 1 heterocycles. The predicted octanol–water partition coefficient (Wildman–Crippen LogP) is 10.8. The molecule has 3 saturated carbocycles. The normalized spacial score (nSPS) is 25.1. The van der Waals surface area contributed by atoms with Crippen molar-refractivity contribution in [3.8, 4) is 17.2 Å². The van der Waals surface area contributed by atoms with Crippen molar-refractivity contribution in [2.75, 3.05) is 0 Å². The van der Waals surface area contributed by atoms with Crippen LogP contribution in [0, 0.1) is 0 Å². The van der Waals surface area contributed by atoms with Crippen LogP contribution in [0.4, 0.5) is 0 Å². The number of fused-ring (bicyclic) bond motifs is 9. The van der Waals surface area contributed by atoms with Gasteiger partial charge in [-0.2, -0.15) is 0 Å². The van der Waals surface area contributed by atoms with E-state index in [4.69, 9.17) is 30.0 Å². The predicted molar refractivity (Wildman–Crippen MR) is 252 cm³/mol. The zero-order valence-electron chi connectivity index (χ0n) is 35.4. The van der Waals surface area contributed by atoms with Gasteiger partial charge in [0.05, 0.1) is 36.3 Å². The number of benzene rings is 3. The van der Waals surface area contributed by atoms with Crippen LogP contribution in [0.1, 0.15) is 148 Å². The number of hydrogen-bond donors (Lipinski definition) is 3. The summed E-state index contributed by atoms with van der Waals surface area (Å²) in [7, 11) is 0. The van der Waals surface area contributed by atoms with Crippen molar-refractivity contribution in [1.82, 2.24) is 0 Å². The molecule has 6 atom stereocenters. The third-order valence-corrected chi connectivity index (χ3v) is 12.2. The standard InChI is InChI=1S/C51H60N6O3/c1-4-13-34-22-37-28-52-43-16-7-9-18-45(43)54-30-39-24-35(14-5-2)26-41(50(39)59)32-56-47-20-11-12-21-48(47)57-33-42-27-36(15-6-3)25-40(51(42)60)31-55-46-19-10-8-17-44(46)53-29-38(23-34)49(37)58/h4-6,13-15,22-33,43-48,58-60H,7-12,16-21H2,1-3H3/b13-4+,14-5+,15-6+,52-28?,53-29?,54-30?,55-31?,56-32?,57-33?. The van der Waals surface area contributed by atoms with Gasteiger partial charge in [-0.1, -0.05) is 75.0 Å².